The van der Waals surface area contributed by atoms with E-state index in [1.165, 1.54) is 11.3 Å². The number of aromatic amines is 1. The van der Waals surface area contributed by atoms with Crippen LogP contribution in [0.15, 0.2) is 55.5 Å². The molecule has 0 fully saturated rings. The van der Waals surface area contributed by atoms with E-state index in [0.29, 0.717) is 30.8 Å². The fourth-order valence-electron chi connectivity index (χ4n) is 3.07. The van der Waals surface area contributed by atoms with E-state index in [1.54, 1.807) is 6.92 Å². The Hall–Kier alpha value is -2.86. The van der Waals surface area contributed by atoms with E-state index < -0.39 is 5.82 Å². The van der Waals surface area contributed by atoms with Gasteiger partial charge < -0.3 is 13.8 Å². The predicted molar refractivity (Wildman–Crippen MR) is 101 cm³/mol. The number of H-pyrrole nitrogens is 1. The zero-order valence-electron chi connectivity index (χ0n) is 14.2. The van der Waals surface area contributed by atoms with Gasteiger partial charge in [0.25, 0.3) is 0 Å². The first-order valence-corrected chi connectivity index (χ1v) is 9.27. The Kier molecular flexibility index (Phi) is 4.34. The lowest BCUT2D eigenvalue weighted by atomic mass is 10.1. The number of rotatable bonds is 6. The molecule has 5 nitrogen and oxygen atoms in total. The zero-order chi connectivity index (χ0) is 18.1. The van der Waals surface area contributed by atoms with Crippen molar-refractivity contribution in [3.05, 3.63) is 68.9 Å². The van der Waals surface area contributed by atoms with Crippen LogP contribution in [-0.2, 0) is 6.42 Å². The number of nitrogens with one attached hydrogen (secondary N) is 1. The first-order valence-electron chi connectivity index (χ1n) is 8.39. The van der Waals surface area contributed by atoms with Gasteiger partial charge in [0, 0.05) is 35.5 Å². The predicted octanol–water partition coefficient (Wildman–Crippen LogP) is 4.96. The van der Waals surface area contributed by atoms with Crippen LogP contribution < -0.4 is 5.82 Å². The average Bonchev–Trinajstić information content (AvgIpc) is 3.33. The van der Waals surface area contributed by atoms with E-state index >= 15 is 0 Å². The highest BCUT2D eigenvalue weighted by atomic mass is 32.1. The molecule has 4 aromatic rings. The van der Waals surface area contributed by atoms with Gasteiger partial charge in [0.2, 0.25) is 0 Å². The molecule has 0 saturated heterocycles. The summed E-state index contributed by atoms with van der Waals surface area (Å²) in [5.41, 5.74) is 3.23. The maximum atomic E-state index is 12.5. The van der Waals surface area contributed by atoms with Gasteiger partial charge in [-0.15, -0.1) is 11.3 Å². The number of hydrogen-bond acceptors (Lipinski definition) is 5. The Morgan fingerprint density at radius 2 is 2.08 bits per heavy atom. The first-order chi connectivity index (χ1) is 12.6. The van der Waals surface area contributed by atoms with Crippen LogP contribution in [0.1, 0.15) is 34.0 Å². The molecule has 3 heterocycles. The summed E-state index contributed by atoms with van der Waals surface area (Å²) < 4.78 is 9.79. The third-order valence-corrected chi connectivity index (χ3v) is 5.39. The molecule has 0 spiro atoms. The van der Waals surface area contributed by atoms with Gasteiger partial charge in [-0.25, -0.2) is 4.79 Å². The zero-order valence-corrected chi connectivity index (χ0v) is 15.0. The molecule has 0 amide bonds. The number of ketones is 1. The second-order valence-electron chi connectivity index (χ2n) is 6.16. The number of aryl methyl sites for hydroxylation is 2. The number of Topliss-reactive ketones (excluding diaryl/α,β-unsaturated/α-hetero) is 1. The molecule has 1 N–H and O–H groups in total. The number of carbonyl (C=O) groups excluding carboxylic acids is 1. The average molecular weight is 367 g/mol. The lowest BCUT2D eigenvalue weighted by Crippen LogP contribution is -1.97. The number of fused-ring (bicyclic) bond motifs is 1. The summed E-state index contributed by atoms with van der Waals surface area (Å²) in [4.78, 5) is 27.5. The smallest absolute Gasteiger partial charge is 0.396 e. The fourth-order valence-corrected chi connectivity index (χ4v) is 3.95. The van der Waals surface area contributed by atoms with Gasteiger partial charge >= 0.3 is 5.82 Å². The van der Waals surface area contributed by atoms with Crippen LogP contribution in [0.5, 0.6) is 0 Å². The third-order valence-electron chi connectivity index (χ3n) is 4.42. The van der Waals surface area contributed by atoms with Gasteiger partial charge in [0.1, 0.15) is 11.5 Å². The van der Waals surface area contributed by atoms with E-state index in [0.717, 1.165) is 26.9 Å². The van der Waals surface area contributed by atoms with Crippen molar-refractivity contribution >= 4 is 28.0 Å². The molecule has 0 aliphatic heterocycles. The molecule has 0 aliphatic rings. The van der Waals surface area contributed by atoms with Crippen molar-refractivity contribution in [3.8, 4) is 11.1 Å². The minimum Gasteiger partial charge on any atom is -0.396 e. The number of benzene rings is 1. The van der Waals surface area contributed by atoms with Gasteiger partial charge in [-0.2, -0.15) is 0 Å². The number of hydrogen-bond donors (Lipinski definition) is 1. The molecule has 0 aliphatic carbocycles. The molecule has 0 bridgehead atoms. The van der Waals surface area contributed by atoms with Gasteiger partial charge in [-0.3, -0.25) is 4.79 Å². The minimum absolute atomic E-state index is 0.101. The van der Waals surface area contributed by atoms with Crippen molar-refractivity contribution < 1.29 is 13.6 Å². The van der Waals surface area contributed by atoms with Crippen molar-refractivity contribution in [2.45, 2.75) is 26.2 Å². The number of thiophene rings is 1. The summed E-state index contributed by atoms with van der Waals surface area (Å²) in [5, 5.41) is 3.16. The van der Waals surface area contributed by atoms with Crippen molar-refractivity contribution in [1.29, 1.82) is 0 Å². The lowest BCUT2D eigenvalue weighted by molar-refractivity contribution is 0.0983. The van der Waals surface area contributed by atoms with Crippen LogP contribution in [0.4, 0.5) is 0 Å². The van der Waals surface area contributed by atoms with Crippen LogP contribution in [0.3, 0.4) is 0 Å². The van der Waals surface area contributed by atoms with Crippen LogP contribution in [-0.4, -0.2) is 10.8 Å². The van der Waals surface area contributed by atoms with Crippen molar-refractivity contribution in [2.24, 2.45) is 0 Å². The summed E-state index contributed by atoms with van der Waals surface area (Å²) in [5.74, 6) is 0.420. The molecular weight excluding hydrogens is 350 g/mol. The van der Waals surface area contributed by atoms with Crippen molar-refractivity contribution in [2.75, 3.05) is 0 Å². The van der Waals surface area contributed by atoms with E-state index in [-0.39, 0.29) is 5.78 Å². The Bertz CT molecular complexity index is 1130. The van der Waals surface area contributed by atoms with Crippen LogP contribution in [0.2, 0.25) is 0 Å². The highest BCUT2D eigenvalue weighted by Gasteiger charge is 2.14. The second-order valence-corrected chi connectivity index (χ2v) is 7.07. The topological polar surface area (TPSA) is 76.2 Å². The normalized spacial score (nSPS) is 11.3. The number of para-hydroxylation sites is 1. The third kappa shape index (κ3) is 3.15. The Labute approximate surface area is 153 Å². The molecule has 0 atom stereocenters. The summed E-state index contributed by atoms with van der Waals surface area (Å²) in [7, 11) is 0. The second kappa shape index (κ2) is 6.80. The van der Waals surface area contributed by atoms with E-state index in [1.807, 2.05) is 35.8 Å². The first kappa shape index (κ1) is 16.6. The summed E-state index contributed by atoms with van der Waals surface area (Å²) in [6.45, 7) is 1.69. The molecule has 0 unspecified atom stereocenters. The molecule has 132 valence electrons. The van der Waals surface area contributed by atoms with Crippen LogP contribution >= 0.6 is 11.3 Å². The SMILES string of the molecule is Cc1oc(=O)oc1CCCC(=O)c1cc(-c2c[nH]c3ccccc23)cs1. The molecule has 6 heteroatoms. The largest absolute Gasteiger partial charge is 0.519 e. The highest BCUT2D eigenvalue weighted by molar-refractivity contribution is 7.12. The van der Waals surface area contributed by atoms with Crippen LogP contribution in [0.25, 0.3) is 22.0 Å². The van der Waals surface area contributed by atoms with Crippen LogP contribution in [0, 0.1) is 6.92 Å². The summed E-state index contributed by atoms with van der Waals surface area (Å²) in [6, 6.07) is 10.1. The highest BCUT2D eigenvalue weighted by Crippen LogP contribution is 2.32. The Morgan fingerprint density at radius 1 is 1.23 bits per heavy atom. The van der Waals surface area contributed by atoms with Gasteiger partial charge in [-0.1, -0.05) is 18.2 Å². The monoisotopic (exact) mass is 367 g/mol. The molecular formula is C20H17NO4S. The lowest BCUT2D eigenvalue weighted by Gasteiger charge is -1.98. The van der Waals surface area contributed by atoms with E-state index in [2.05, 4.69) is 11.1 Å². The molecule has 1 aromatic carbocycles. The van der Waals surface area contributed by atoms with Crippen molar-refractivity contribution in [3.63, 3.8) is 0 Å². The summed E-state index contributed by atoms with van der Waals surface area (Å²) in [6.07, 6.45) is 3.51. The molecule has 0 radical (unpaired) electrons. The molecule has 0 saturated carbocycles. The van der Waals surface area contributed by atoms with Gasteiger partial charge in [-0.05, 0) is 36.4 Å². The number of aromatic nitrogens is 1. The Balaban J connectivity index is 1.45. The molecule has 26 heavy (non-hydrogen) atoms. The van der Waals surface area contributed by atoms with E-state index in [9.17, 15) is 9.59 Å². The fraction of sp³-hybridized carbons (Fsp3) is 0.200. The summed E-state index contributed by atoms with van der Waals surface area (Å²) >= 11 is 1.46. The van der Waals surface area contributed by atoms with Crippen molar-refractivity contribution in [1.82, 2.24) is 4.98 Å². The number of carbonyl (C=O) groups is 1. The van der Waals surface area contributed by atoms with Gasteiger partial charge in [0.05, 0.1) is 4.88 Å². The minimum atomic E-state index is -0.689. The Morgan fingerprint density at radius 3 is 2.88 bits per heavy atom. The van der Waals surface area contributed by atoms with Gasteiger partial charge in [0.15, 0.2) is 5.78 Å². The quantitative estimate of drug-likeness (QED) is 0.489. The molecule has 4 rings (SSSR count). The molecule has 3 aromatic heterocycles. The standard InChI is InChI=1S/C20H17NO4S/c1-12-18(25-20(23)24-12)8-4-7-17(22)19-9-13(11-26-19)15-10-21-16-6-3-2-5-14(15)16/h2-3,5-6,9-11,21H,4,7-8H2,1H3. The maximum Gasteiger partial charge on any atom is 0.519 e. The van der Waals surface area contributed by atoms with E-state index in [4.69, 9.17) is 8.83 Å². The maximum absolute atomic E-state index is 12.5.